The molecule has 3 heteroatoms. The molecule has 0 aliphatic rings. The second-order valence-corrected chi connectivity index (χ2v) is 7.54. The van der Waals surface area contributed by atoms with Gasteiger partial charge in [-0.1, -0.05) is 50.5 Å². The third-order valence-electron chi connectivity index (χ3n) is 2.91. The predicted octanol–water partition coefficient (Wildman–Crippen LogP) is 5.26. The molecule has 0 fully saturated rings. The number of hydrogen-bond acceptors (Lipinski definition) is 1. The molecule has 0 heterocycles. The highest BCUT2D eigenvalue weighted by molar-refractivity contribution is 9.10. The number of nitrogens with one attached hydrogen (secondary N) is 1. The Morgan fingerprint density at radius 3 is 2.37 bits per heavy atom. The van der Waals surface area contributed by atoms with E-state index in [0.29, 0.717) is 12.3 Å². The summed E-state index contributed by atoms with van der Waals surface area (Å²) in [6.07, 6.45) is 0.528. The number of carbonyl (C=O) groups excluding carboxylic acids is 1. The van der Waals surface area contributed by atoms with Crippen LogP contribution in [0.5, 0.6) is 0 Å². The number of rotatable bonds is 3. The van der Waals surface area contributed by atoms with Gasteiger partial charge in [0.1, 0.15) is 0 Å². The van der Waals surface area contributed by atoms with Crippen LogP contribution in [0.25, 0.3) is 0 Å². The lowest BCUT2D eigenvalue weighted by molar-refractivity contribution is -0.117. The summed E-state index contributed by atoms with van der Waals surface area (Å²) in [5.74, 6) is 0.459. The third-order valence-corrected chi connectivity index (χ3v) is 3.37. The minimum Gasteiger partial charge on any atom is -0.326 e. The Hall–Kier alpha value is -0.830. The molecule has 0 aromatic heterocycles. The molecule has 1 aromatic carbocycles. The standard InChI is InChI=1S/C16H24BrNO/c1-10(2)13-8-12(17)7-11(3)15(13)18-14(19)9-16(4,5)6/h7-8,10H,9H2,1-6H3,(H,18,19). The highest BCUT2D eigenvalue weighted by Gasteiger charge is 2.18. The number of hydrogen-bond donors (Lipinski definition) is 1. The minimum absolute atomic E-state index is 0.00530. The normalized spacial score (nSPS) is 11.8. The van der Waals surface area contributed by atoms with Crippen molar-refractivity contribution < 1.29 is 4.79 Å². The molecule has 1 rings (SSSR count). The highest BCUT2D eigenvalue weighted by atomic mass is 79.9. The van der Waals surface area contributed by atoms with Gasteiger partial charge in [-0.3, -0.25) is 4.79 Å². The Bertz CT molecular complexity index is 472. The van der Waals surface area contributed by atoms with Crippen molar-refractivity contribution in [3.63, 3.8) is 0 Å². The molecule has 0 bridgehead atoms. The van der Waals surface area contributed by atoms with Crippen LogP contribution in [0, 0.1) is 12.3 Å². The Kier molecular flexibility index (Phi) is 5.19. The number of carbonyl (C=O) groups is 1. The van der Waals surface area contributed by atoms with Crippen LogP contribution in [-0.2, 0) is 4.79 Å². The molecule has 0 atom stereocenters. The largest absolute Gasteiger partial charge is 0.326 e. The Morgan fingerprint density at radius 2 is 1.89 bits per heavy atom. The van der Waals surface area contributed by atoms with E-state index in [9.17, 15) is 4.79 Å². The van der Waals surface area contributed by atoms with E-state index in [-0.39, 0.29) is 11.3 Å². The van der Waals surface area contributed by atoms with E-state index in [4.69, 9.17) is 0 Å². The Balaban J connectivity index is 3.04. The molecule has 0 aliphatic heterocycles. The minimum atomic E-state index is 0.00530. The summed E-state index contributed by atoms with van der Waals surface area (Å²) in [6.45, 7) is 12.5. The maximum Gasteiger partial charge on any atom is 0.224 e. The fourth-order valence-corrected chi connectivity index (χ4v) is 2.65. The molecule has 0 unspecified atom stereocenters. The molecule has 0 spiro atoms. The molecule has 1 N–H and O–H groups in total. The summed E-state index contributed by atoms with van der Waals surface area (Å²) < 4.78 is 1.06. The highest BCUT2D eigenvalue weighted by Crippen LogP contribution is 2.32. The Morgan fingerprint density at radius 1 is 1.32 bits per heavy atom. The van der Waals surface area contributed by atoms with Gasteiger partial charge in [0.2, 0.25) is 5.91 Å². The molecule has 0 saturated heterocycles. The number of halogens is 1. The molecular weight excluding hydrogens is 302 g/mol. The Labute approximate surface area is 125 Å². The topological polar surface area (TPSA) is 29.1 Å². The summed E-state index contributed by atoms with van der Waals surface area (Å²) in [5.41, 5.74) is 3.24. The lowest BCUT2D eigenvalue weighted by atomic mass is 9.91. The summed E-state index contributed by atoms with van der Waals surface area (Å²) in [7, 11) is 0. The van der Waals surface area contributed by atoms with Crippen molar-refractivity contribution in [2.24, 2.45) is 5.41 Å². The van der Waals surface area contributed by atoms with Gasteiger partial charge in [0.05, 0.1) is 0 Å². The number of aryl methyl sites for hydroxylation is 1. The van der Waals surface area contributed by atoms with Crippen molar-refractivity contribution in [2.45, 2.75) is 53.9 Å². The smallest absolute Gasteiger partial charge is 0.224 e. The molecular formula is C16H24BrNO. The van der Waals surface area contributed by atoms with Gasteiger partial charge in [-0.15, -0.1) is 0 Å². The van der Waals surface area contributed by atoms with E-state index in [0.717, 1.165) is 15.7 Å². The molecule has 1 aromatic rings. The molecule has 2 nitrogen and oxygen atoms in total. The third kappa shape index (κ3) is 4.98. The van der Waals surface area contributed by atoms with Crippen molar-refractivity contribution in [3.8, 4) is 0 Å². The second kappa shape index (κ2) is 6.08. The number of benzene rings is 1. The van der Waals surface area contributed by atoms with Crippen LogP contribution in [0.4, 0.5) is 5.69 Å². The first-order valence-corrected chi connectivity index (χ1v) is 7.49. The predicted molar refractivity (Wildman–Crippen MR) is 85.7 cm³/mol. The van der Waals surface area contributed by atoms with Gasteiger partial charge in [-0.25, -0.2) is 0 Å². The van der Waals surface area contributed by atoms with Gasteiger partial charge in [0.25, 0.3) is 0 Å². The zero-order valence-corrected chi connectivity index (χ0v) is 14.3. The molecule has 1 amide bonds. The number of amides is 1. The summed E-state index contributed by atoms with van der Waals surface area (Å²) in [6, 6.07) is 4.13. The van der Waals surface area contributed by atoms with Gasteiger partial charge < -0.3 is 5.32 Å². The SMILES string of the molecule is Cc1cc(Br)cc(C(C)C)c1NC(=O)CC(C)(C)C. The quantitative estimate of drug-likeness (QED) is 0.807. The average molecular weight is 326 g/mol. The maximum absolute atomic E-state index is 12.1. The fraction of sp³-hybridized carbons (Fsp3) is 0.562. The van der Waals surface area contributed by atoms with Crippen molar-refractivity contribution >= 4 is 27.5 Å². The first kappa shape index (κ1) is 16.2. The molecule has 19 heavy (non-hydrogen) atoms. The fourth-order valence-electron chi connectivity index (χ4n) is 2.06. The van der Waals surface area contributed by atoms with Gasteiger partial charge in [0, 0.05) is 16.6 Å². The van der Waals surface area contributed by atoms with Crippen molar-refractivity contribution in [3.05, 3.63) is 27.7 Å². The van der Waals surface area contributed by atoms with Crippen LogP contribution in [0.3, 0.4) is 0 Å². The monoisotopic (exact) mass is 325 g/mol. The van der Waals surface area contributed by atoms with Gasteiger partial charge >= 0.3 is 0 Å². The molecule has 106 valence electrons. The summed E-state index contributed by atoms with van der Waals surface area (Å²) in [5, 5.41) is 3.08. The van der Waals surface area contributed by atoms with Crippen LogP contribution in [-0.4, -0.2) is 5.91 Å². The first-order chi connectivity index (χ1) is 8.60. The lowest BCUT2D eigenvalue weighted by Crippen LogP contribution is -2.21. The van der Waals surface area contributed by atoms with Crippen LogP contribution < -0.4 is 5.32 Å². The average Bonchev–Trinajstić information content (AvgIpc) is 2.18. The van der Waals surface area contributed by atoms with E-state index >= 15 is 0 Å². The molecule has 0 radical (unpaired) electrons. The lowest BCUT2D eigenvalue weighted by Gasteiger charge is -2.21. The van der Waals surface area contributed by atoms with E-state index in [2.05, 4.69) is 61.9 Å². The zero-order chi connectivity index (χ0) is 14.8. The van der Waals surface area contributed by atoms with Gasteiger partial charge in [-0.05, 0) is 41.5 Å². The summed E-state index contributed by atoms with van der Waals surface area (Å²) >= 11 is 3.52. The van der Waals surface area contributed by atoms with E-state index in [1.807, 2.05) is 13.0 Å². The molecule has 0 aliphatic carbocycles. The molecule has 0 saturated carbocycles. The van der Waals surface area contributed by atoms with Crippen LogP contribution >= 0.6 is 15.9 Å². The van der Waals surface area contributed by atoms with Crippen molar-refractivity contribution in [2.75, 3.05) is 5.32 Å². The van der Waals surface area contributed by atoms with Gasteiger partial charge in [0.15, 0.2) is 0 Å². The van der Waals surface area contributed by atoms with Crippen LogP contribution in [0.2, 0.25) is 0 Å². The van der Waals surface area contributed by atoms with Crippen molar-refractivity contribution in [1.82, 2.24) is 0 Å². The zero-order valence-electron chi connectivity index (χ0n) is 12.7. The van der Waals surface area contributed by atoms with Crippen LogP contribution in [0.15, 0.2) is 16.6 Å². The first-order valence-electron chi connectivity index (χ1n) is 6.70. The maximum atomic E-state index is 12.1. The van der Waals surface area contributed by atoms with E-state index in [1.165, 1.54) is 5.56 Å². The van der Waals surface area contributed by atoms with E-state index < -0.39 is 0 Å². The summed E-state index contributed by atoms with van der Waals surface area (Å²) in [4.78, 5) is 12.1. The van der Waals surface area contributed by atoms with Crippen LogP contribution in [0.1, 0.15) is 58.1 Å². The van der Waals surface area contributed by atoms with E-state index in [1.54, 1.807) is 0 Å². The second-order valence-electron chi connectivity index (χ2n) is 6.63. The van der Waals surface area contributed by atoms with Gasteiger partial charge in [-0.2, -0.15) is 0 Å². The van der Waals surface area contributed by atoms with Crippen molar-refractivity contribution in [1.29, 1.82) is 0 Å². The number of anilines is 1.